The summed E-state index contributed by atoms with van der Waals surface area (Å²) in [5, 5.41) is 4.18. The Bertz CT molecular complexity index is 785. The van der Waals surface area contributed by atoms with Crippen LogP contribution in [0.4, 0.5) is 5.69 Å². The molecule has 2 rings (SSSR count). The van der Waals surface area contributed by atoms with Crippen molar-refractivity contribution >= 4 is 17.3 Å². The van der Waals surface area contributed by atoms with Crippen molar-refractivity contribution in [2.45, 2.75) is 6.92 Å². The molecule has 0 atom stereocenters. The average Bonchev–Trinajstić information content (AvgIpc) is 2.65. The molecule has 0 fully saturated rings. The Labute approximate surface area is 148 Å². The van der Waals surface area contributed by atoms with Crippen LogP contribution in [-0.4, -0.2) is 39.9 Å². The van der Waals surface area contributed by atoms with Crippen molar-refractivity contribution in [3.05, 3.63) is 53.6 Å². The first-order chi connectivity index (χ1) is 12.0. The van der Waals surface area contributed by atoms with Crippen LogP contribution in [0.1, 0.15) is 22.8 Å². The number of nitrogens with one attached hydrogen (secondary N) is 1. The molecule has 132 valence electrons. The van der Waals surface area contributed by atoms with Gasteiger partial charge in [0.25, 0.3) is 5.91 Å². The van der Waals surface area contributed by atoms with Gasteiger partial charge >= 0.3 is 0 Å². The van der Waals surface area contributed by atoms with Crippen molar-refractivity contribution in [1.82, 2.24) is 5.43 Å². The lowest BCUT2D eigenvalue weighted by atomic mass is 10.1. The molecule has 25 heavy (non-hydrogen) atoms. The van der Waals surface area contributed by atoms with E-state index in [-0.39, 0.29) is 5.91 Å². The van der Waals surface area contributed by atoms with E-state index < -0.39 is 0 Å². The molecule has 0 saturated heterocycles. The zero-order valence-corrected chi connectivity index (χ0v) is 15.2. The number of hydrogen-bond acceptors (Lipinski definition) is 5. The molecule has 0 aliphatic rings. The molecular weight excluding hydrogens is 318 g/mol. The second-order valence-electron chi connectivity index (χ2n) is 5.65. The molecule has 0 unspecified atom stereocenters. The van der Waals surface area contributed by atoms with Gasteiger partial charge in [0, 0.05) is 30.9 Å². The highest BCUT2D eigenvalue weighted by molar-refractivity contribution is 6.01. The molecule has 0 aliphatic carbocycles. The van der Waals surface area contributed by atoms with Crippen LogP contribution in [0.15, 0.2) is 47.6 Å². The molecule has 0 spiro atoms. The molecular formula is C19H23N3O3. The van der Waals surface area contributed by atoms with E-state index in [1.807, 2.05) is 56.3 Å². The van der Waals surface area contributed by atoms with Gasteiger partial charge in [-0.25, -0.2) is 5.43 Å². The number of carbonyl (C=O) groups excluding carboxylic acids is 1. The van der Waals surface area contributed by atoms with Gasteiger partial charge in [-0.1, -0.05) is 6.07 Å². The topological polar surface area (TPSA) is 63.2 Å². The maximum atomic E-state index is 12.3. The smallest absolute Gasteiger partial charge is 0.271 e. The number of nitrogens with zero attached hydrogens (tertiary/aromatic N) is 2. The van der Waals surface area contributed by atoms with Crippen LogP contribution in [0.2, 0.25) is 0 Å². The molecule has 2 aromatic carbocycles. The summed E-state index contributed by atoms with van der Waals surface area (Å²) in [6.07, 6.45) is 0. The molecule has 6 nitrogen and oxygen atoms in total. The van der Waals surface area contributed by atoms with Crippen molar-refractivity contribution in [3.63, 3.8) is 0 Å². The number of ether oxygens (including phenoxy) is 2. The molecule has 0 heterocycles. The molecule has 0 bridgehead atoms. The number of methoxy groups -OCH3 is 2. The second-order valence-corrected chi connectivity index (χ2v) is 5.65. The molecule has 0 radical (unpaired) electrons. The van der Waals surface area contributed by atoms with Crippen LogP contribution in [0.5, 0.6) is 11.5 Å². The Hall–Kier alpha value is -3.02. The van der Waals surface area contributed by atoms with E-state index >= 15 is 0 Å². The van der Waals surface area contributed by atoms with Gasteiger partial charge in [0.15, 0.2) is 11.5 Å². The molecule has 1 N–H and O–H groups in total. The summed E-state index contributed by atoms with van der Waals surface area (Å²) in [6, 6.07) is 12.8. The first-order valence-electron chi connectivity index (χ1n) is 7.80. The zero-order valence-electron chi connectivity index (χ0n) is 15.2. The number of benzene rings is 2. The summed E-state index contributed by atoms with van der Waals surface area (Å²) in [5.41, 5.74) is 5.59. The summed E-state index contributed by atoms with van der Waals surface area (Å²) in [7, 11) is 7.01. The number of rotatable bonds is 6. The van der Waals surface area contributed by atoms with Crippen LogP contribution >= 0.6 is 0 Å². The second kappa shape index (κ2) is 8.19. The number of hydrazone groups is 1. The lowest BCUT2D eigenvalue weighted by Crippen LogP contribution is -2.20. The average molecular weight is 341 g/mol. The molecule has 0 aliphatic heterocycles. The van der Waals surface area contributed by atoms with Gasteiger partial charge in [-0.3, -0.25) is 4.79 Å². The van der Waals surface area contributed by atoms with Crippen molar-refractivity contribution in [2.24, 2.45) is 5.10 Å². The summed E-state index contributed by atoms with van der Waals surface area (Å²) in [4.78, 5) is 14.2. The Balaban J connectivity index is 2.15. The van der Waals surface area contributed by atoms with Gasteiger partial charge in [0.1, 0.15) is 0 Å². The number of carbonyl (C=O) groups is 1. The number of hydrogen-bond donors (Lipinski definition) is 1. The van der Waals surface area contributed by atoms with Gasteiger partial charge in [-0.2, -0.15) is 5.10 Å². The van der Waals surface area contributed by atoms with Crippen molar-refractivity contribution in [1.29, 1.82) is 0 Å². The van der Waals surface area contributed by atoms with Crippen molar-refractivity contribution < 1.29 is 14.3 Å². The monoisotopic (exact) mass is 341 g/mol. The minimum absolute atomic E-state index is 0.261. The predicted molar refractivity (Wildman–Crippen MR) is 100.0 cm³/mol. The molecule has 0 saturated carbocycles. The third-order valence-corrected chi connectivity index (χ3v) is 3.75. The highest BCUT2D eigenvalue weighted by atomic mass is 16.5. The quantitative estimate of drug-likeness (QED) is 0.648. The Morgan fingerprint density at radius 2 is 1.72 bits per heavy atom. The minimum Gasteiger partial charge on any atom is -0.493 e. The molecule has 2 aromatic rings. The van der Waals surface area contributed by atoms with Crippen molar-refractivity contribution in [2.75, 3.05) is 33.2 Å². The van der Waals surface area contributed by atoms with E-state index in [4.69, 9.17) is 9.47 Å². The Kier molecular flexibility index (Phi) is 6.00. The molecule has 6 heteroatoms. The SMILES string of the molecule is COc1ccc(/C(C)=N/NC(=O)c2cccc(N(C)C)c2)cc1OC. The Morgan fingerprint density at radius 3 is 2.36 bits per heavy atom. The summed E-state index contributed by atoms with van der Waals surface area (Å²) in [5.74, 6) is 0.992. The van der Waals surface area contributed by atoms with Crippen LogP contribution in [0, 0.1) is 0 Å². The third-order valence-electron chi connectivity index (χ3n) is 3.75. The van der Waals surface area contributed by atoms with Gasteiger partial charge in [0.05, 0.1) is 19.9 Å². The minimum atomic E-state index is -0.261. The first kappa shape index (κ1) is 18.3. The maximum absolute atomic E-state index is 12.3. The van der Waals surface area contributed by atoms with Crippen LogP contribution in [0.25, 0.3) is 0 Å². The lowest BCUT2D eigenvalue weighted by Gasteiger charge is -2.13. The van der Waals surface area contributed by atoms with E-state index in [0.717, 1.165) is 11.3 Å². The number of anilines is 1. The van der Waals surface area contributed by atoms with E-state index in [9.17, 15) is 4.79 Å². The van der Waals surface area contributed by atoms with Crippen LogP contribution in [0.3, 0.4) is 0 Å². The molecule has 0 aromatic heterocycles. The van der Waals surface area contributed by atoms with Gasteiger partial charge in [-0.05, 0) is 43.3 Å². The van der Waals surface area contributed by atoms with E-state index in [2.05, 4.69) is 10.5 Å². The summed E-state index contributed by atoms with van der Waals surface area (Å²) >= 11 is 0. The van der Waals surface area contributed by atoms with Gasteiger partial charge in [0.2, 0.25) is 0 Å². The number of amides is 1. The molecule has 1 amide bonds. The highest BCUT2D eigenvalue weighted by Crippen LogP contribution is 2.27. The predicted octanol–water partition coefficient (Wildman–Crippen LogP) is 2.92. The fourth-order valence-electron chi connectivity index (χ4n) is 2.25. The van der Waals surface area contributed by atoms with Gasteiger partial charge in [-0.15, -0.1) is 0 Å². The standard InChI is InChI=1S/C19H23N3O3/c1-13(14-9-10-17(24-4)18(12-14)25-5)20-21-19(23)15-7-6-8-16(11-15)22(2)3/h6-12H,1-5H3,(H,21,23)/b20-13+. The highest BCUT2D eigenvalue weighted by Gasteiger charge is 2.09. The maximum Gasteiger partial charge on any atom is 0.271 e. The Morgan fingerprint density at radius 1 is 1.00 bits per heavy atom. The van der Waals surface area contributed by atoms with E-state index in [0.29, 0.717) is 22.8 Å². The first-order valence-corrected chi connectivity index (χ1v) is 7.80. The normalized spacial score (nSPS) is 11.0. The fraction of sp³-hybridized carbons (Fsp3) is 0.263. The summed E-state index contributed by atoms with van der Waals surface area (Å²) in [6.45, 7) is 1.82. The zero-order chi connectivity index (χ0) is 18.4. The fourth-order valence-corrected chi connectivity index (χ4v) is 2.25. The van der Waals surface area contributed by atoms with E-state index in [1.54, 1.807) is 26.4 Å². The van der Waals surface area contributed by atoms with Crippen LogP contribution in [-0.2, 0) is 0 Å². The summed E-state index contributed by atoms with van der Waals surface area (Å²) < 4.78 is 10.5. The third kappa shape index (κ3) is 4.50. The largest absolute Gasteiger partial charge is 0.493 e. The van der Waals surface area contributed by atoms with E-state index in [1.165, 1.54) is 0 Å². The van der Waals surface area contributed by atoms with Crippen molar-refractivity contribution in [3.8, 4) is 11.5 Å². The van der Waals surface area contributed by atoms with Crippen LogP contribution < -0.4 is 19.8 Å². The lowest BCUT2D eigenvalue weighted by molar-refractivity contribution is 0.0955. The van der Waals surface area contributed by atoms with Gasteiger partial charge < -0.3 is 14.4 Å².